The molecule has 0 amide bonds. The highest BCUT2D eigenvalue weighted by atomic mass is 32.1. The lowest BCUT2D eigenvalue weighted by molar-refractivity contribution is 0.262. The van der Waals surface area contributed by atoms with Crippen LogP contribution in [0.4, 0.5) is 0 Å². The second-order valence-corrected chi connectivity index (χ2v) is 5.53. The van der Waals surface area contributed by atoms with Gasteiger partial charge in [-0.1, -0.05) is 32.3 Å². The molecule has 1 nitrogen and oxygen atoms in total. The minimum absolute atomic E-state index is 0.621. The summed E-state index contributed by atoms with van der Waals surface area (Å²) in [6, 6.07) is 5.06. The van der Waals surface area contributed by atoms with E-state index in [9.17, 15) is 0 Å². The highest BCUT2D eigenvalue weighted by Crippen LogP contribution is 2.35. The highest BCUT2D eigenvalue weighted by molar-refractivity contribution is 7.10. The minimum Gasteiger partial charge on any atom is -0.309 e. The molecule has 84 valence electrons. The standard InChI is InChI=1S/C13H21NS/c1-2-8-14-12(10-11-5-3-6-11)13-7-4-9-15-13/h4,7,9,11-12,14H,2-3,5-6,8,10H2,1H3. The lowest BCUT2D eigenvalue weighted by Gasteiger charge is -2.29. The Morgan fingerprint density at radius 3 is 2.93 bits per heavy atom. The fraction of sp³-hybridized carbons (Fsp3) is 0.692. The predicted molar refractivity (Wildman–Crippen MR) is 67.3 cm³/mol. The van der Waals surface area contributed by atoms with Gasteiger partial charge in [0.15, 0.2) is 0 Å². The zero-order valence-electron chi connectivity index (χ0n) is 9.54. The molecule has 1 aromatic rings. The molecule has 0 radical (unpaired) electrons. The molecule has 1 atom stereocenters. The summed E-state index contributed by atoms with van der Waals surface area (Å²) in [5.41, 5.74) is 0. The van der Waals surface area contributed by atoms with E-state index in [2.05, 4.69) is 29.8 Å². The molecule has 1 aliphatic rings. The van der Waals surface area contributed by atoms with Gasteiger partial charge in [-0.05, 0) is 36.8 Å². The first-order valence-electron chi connectivity index (χ1n) is 6.17. The zero-order chi connectivity index (χ0) is 10.5. The molecule has 1 N–H and O–H groups in total. The molecule has 15 heavy (non-hydrogen) atoms. The molecular weight excluding hydrogens is 202 g/mol. The summed E-state index contributed by atoms with van der Waals surface area (Å²) in [5, 5.41) is 5.87. The first kappa shape index (κ1) is 11.2. The van der Waals surface area contributed by atoms with Crippen molar-refractivity contribution in [3.8, 4) is 0 Å². The normalized spacial score (nSPS) is 18.7. The van der Waals surface area contributed by atoms with Crippen LogP contribution in [-0.2, 0) is 0 Å². The van der Waals surface area contributed by atoms with Crippen molar-refractivity contribution in [3.63, 3.8) is 0 Å². The molecule has 0 bridgehead atoms. The van der Waals surface area contributed by atoms with Crippen LogP contribution in [0.3, 0.4) is 0 Å². The average Bonchev–Trinajstić information content (AvgIpc) is 2.68. The maximum atomic E-state index is 3.68. The minimum atomic E-state index is 0.621. The molecule has 2 heteroatoms. The molecule has 0 spiro atoms. The number of hydrogen-bond acceptors (Lipinski definition) is 2. The Balaban J connectivity index is 1.89. The van der Waals surface area contributed by atoms with Crippen LogP contribution in [0.25, 0.3) is 0 Å². The largest absolute Gasteiger partial charge is 0.309 e. The third-order valence-corrected chi connectivity index (χ3v) is 4.31. The van der Waals surface area contributed by atoms with E-state index in [-0.39, 0.29) is 0 Å². The van der Waals surface area contributed by atoms with E-state index in [0.717, 1.165) is 12.5 Å². The maximum Gasteiger partial charge on any atom is 0.0417 e. The van der Waals surface area contributed by atoms with E-state index < -0.39 is 0 Å². The third-order valence-electron chi connectivity index (χ3n) is 3.32. The number of rotatable bonds is 6. The topological polar surface area (TPSA) is 12.0 Å². The summed E-state index contributed by atoms with van der Waals surface area (Å²) in [6.07, 6.45) is 6.94. The predicted octanol–water partition coefficient (Wildman–Crippen LogP) is 3.98. The van der Waals surface area contributed by atoms with E-state index in [0.29, 0.717) is 6.04 Å². The number of nitrogens with one attached hydrogen (secondary N) is 1. The summed E-state index contributed by atoms with van der Waals surface area (Å²) in [6.45, 7) is 3.39. The van der Waals surface area contributed by atoms with Crippen molar-refractivity contribution in [3.05, 3.63) is 22.4 Å². The number of thiophene rings is 1. The van der Waals surface area contributed by atoms with Crippen LogP contribution in [0.2, 0.25) is 0 Å². The smallest absolute Gasteiger partial charge is 0.0417 e. The summed E-state index contributed by atoms with van der Waals surface area (Å²) >= 11 is 1.90. The first-order chi connectivity index (χ1) is 7.40. The van der Waals surface area contributed by atoms with Crippen molar-refractivity contribution in [1.82, 2.24) is 5.32 Å². The van der Waals surface area contributed by atoms with Crippen LogP contribution in [-0.4, -0.2) is 6.54 Å². The van der Waals surface area contributed by atoms with Gasteiger partial charge in [0.25, 0.3) is 0 Å². The van der Waals surface area contributed by atoms with Gasteiger partial charge in [-0.25, -0.2) is 0 Å². The molecule has 0 saturated heterocycles. The maximum absolute atomic E-state index is 3.68. The Hall–Kier alpha value is -0.340. The Morgan fingerprint density at radius 2 is 2.40 bits per heavy atom. The molecule has 2 rings (SSSR count). The molecule has 1 unspecified atom stereocenters. The highest BCUT2D eigenvalue weighted by Gasteiger charge is 2.23. The van der Waals surface area contributed by atoms with Crippen molar-refractivity contribution in [2.75, 3.05) is 6.54 Å². The average molecular weight is 223 g/mol. The van der Waals surface area contributed by atoms with Crippen molar-refractivity contribution in [2.45, 2.75) is 45.1 Å². The van der Waals surface area contributed by atoms with Gasteiger partial charge in [-0.15, -0.1) is 11.3 Å². The number of hydrogen-bond donors (Lipinski definition) is 1. The Kier molecular flexibility index (Phi) is 4.21. The van der Waals surface area contributed by atoms with Gasteiger partial charge in [-0.3, -0.25) is 0 Å². The Morgan fingerprint density at radius 1 is 1.53 bits per heavy atom. The van der Waals surface area contributed by atoms with Gasteiger partial charge >= 0.3 is 0 Å². The second-order valence-electron chi connectivity index (χ2n) is 4.55. The fourth-order valence-electron chi connectivity index (χ4n) is 2.17. The van der Waals surface area contributed by atoms with Crippen molar-refractivity contribution in [1.29, 1.82) is 0 Å². The molecule has 1 aliphatic carbocycles. The lowest BCUT2D eigenvalue weighted by atomic mass is 9.80. The summed E-state index contributed by atoms with van der Waals surface area (Å²) in [5.74, 6) is 0.987. The Labute approximate surface area is 96.9 Å². The van der Waals surface area contributed by atoms with Crippen LogP contribution in [0.5, 0.6) is 0 Å². The van der Waals surface area contributed by atoms with E-state index in [1.165, 1.54) is 37.0 Å². The first-order valence-corrected chi connectivity index (χ1v) is 7.05. The lowest BCUT2D eigenvalue weighted by Crippen LogP contribution is -2.26. The molecule has 1 aromatic heterocycles. The quantitative estimate of drug-likeness (QED) is 0.769. The van der Waals surface area contributed by atoms with Gasteiger partial charge < -0.3 is 5.32 Å². The van der Waals surface area contributed by atoms with Gasteiger partial charge in [-0.2, -0.15) is 0 Å². The SMILES string of the molecule is CCCNC(CC1CCC1)c1cccs1. The fourth-order valence-corrected chi connectivity index (χ4v) is 2.99. The van der Waals surface area contributed by atoms with Crippen LogP contribution >= 0.6 is 11.3 Å². The Bertz CT molecular complexity index is 264. The van der Waals surface area contributed by atoms with Crippen LogP contribution in [0, 0.1) is 5.92 Å². The van der Waals surface area contributed by atoms with Gasteiger partial charge in [0, 0.05) is 10.9 Å². The van der Waals surface area contributed by atoms with Crippen molar-refractivity contribution >= 4 is 11.3 Å². The van der Waals surface area contributed by atoms with Gasteiger partial charge in [0.1, 0.15) is 0 Å². The van der Waals surface area contributed by atoms with Crippen molar-refractivity contribution < 1.29 is 0 Å². The monoisotopic (exact) mass is 223 g/mol. The molecular formula is C13H21NS. The zero-order valence-corrected chi connectivity index (χ0v) is 10.4. The second kappa shape index (κ2) is 5.66. The van der Waals surface area contributed by atoms with Crippen molar-refractivity contribution in [2.24, 2.45) is 5.92 Å². The summed E-state index contributed by atoms with van der Waals surface area (Å²) in [7, 11) is 0. The van der Waals surface area contributed by atoms with E-state index in [4.69, 9.17) is 0 Å². The van der Waals surface area contributed by atoms with Gasteiger partial charge in [0.05, 0.1) is 0 Å². The molecule has 1 heterocycles. The van der Waals surface area contributed by atoms with Gasteiger partial charge in [0.2, 0.25) is 0 Å². The van der Waals surface area contributed by atoms with E-state index in [1.807, 2.05) is 11.3 Å². The van der Waals surface area contributed by atoms with Crippen LogP contribution in [0.1, 0.15) is 49.9 Å². The summed E-state index contributed by atoms with van der Waals surface area (Å²) in [4.78, 5) is 1.52. The summed E-state index contributed by atoms with van der Waals surface area (Å²) < 4.78 is 0. The molecule has 1 fully saturated rings. The third kappa shape index (κ3) is 3.05. The molecule has 0 aromatic carbocycles. The van der Waals surface area contributed by atoms with E-state index >= 15 is 0 Å². The van der Waals surface area contributed by atoms with Crippen LogP contribution < -0.4 is 5.32 Å². The molecule has 1 saturated carbocycles. The molecule has 0 aliphatic heterocycles. The van der Waals surface area contributed by atoms with E-state index in [1.54, 1.807) is 0 Å². The van der Waals surface area contributed by atoms with Crippen LogP contribution in [0.15, 0.2) is 17.5 Å².